The highest BCUT2D eigenvalue weighted by molar-refractivity contribution is 6.33. The van der Waals surface area contributed by atoms with Crippen LogP contribution in [0.4, 0.5) is 5.69 Å². The van der Waals surface area contributed by atoms with Crippen LogP contribution in [0.25, 0.3) is 6.08 Å². The van der Waals surface area contributed by atoms with E-state index in [0.29, 0.717) is 50.9 Å². The van der Waals surface area contributed by atoms with E-state index in [9.17, 15) is 10.1 Å². The molecule has 0 bridgehead atoms. The smallest absolute Gasteiger partial charge is 0.266 e. The zero-order chi connectivity index (χ0) is 22.3. The molecule has 0 radical (unpaired) electrons. The average molecular weight is 451 g/mol. The molecule has 0 fully saturated rings. The Balaban J connectivity index is 2.39. The Morgan fingerprint density at radius 2 is 1.70 bits per heavy atom. The lowest BCUT2D eigenvalue weighted by Gasteiger charge is -2.13. The zero-order valence-electron chi connectivity index (χ0n) is 16.8. The molecule has 2 aromatic rings. The molecular weight excluding hydrogens is 431 g/mol. The Labute approximate surface area is 184 Å². The van der Waals surface area contributed by atoms with Crippen molar-refractivity contribution < 1.29 is 23.7 Å². The number of anilines is 1. The van der Waals surface area contributed by atoms with E-state index in [4.69, 9.17) is 42.1 Å². The fraction of sp³-hybridized carbons (Fsp3) is 0.238. The van der Waals surface area contributed by atoms with E-state index in [1.165, 1.54) is 39.5 Å². The molecule has 0 saturated carbocycles. The van der Waals surface area contributed by atoms with Crippen LogP contribution in [0.15, 0.2) is 29.8 Å². The Hall–Kier alpha value is -3.08. The first kappa shape index (κ1) is 23.2. The van der Waals surface area contributed by atoms with Gasteiger partial charge in [0, 0.05) is 12.1 Å². The molecule has 158 valence electrons. The van der Waals surface area contributed by atoms with Gasteiger partial charge < -0.3 is 24.3 Å². The van der Waals surface area contributed by atoms with Gasteiger partial charge in [-0.2, -0.15) is 5.26 Å². The third kappa shape index (κ3) is 5.29. The summed E-state index contributed by atoms with van der Waals surface area (Å²) in [4.78, 5) is 12.7. The van der Waals surface area contributed by atoms with E-state index in [0.717, 1.165) is 0 Å². The average Bonchev–Trinajstić information content (AvgIpc) is 2.74. The van der Waals surface area contributed by atoms with Gasteiger partial charge in [0.25, 0.3) is 5.91 Å². The Kier molecular flexibility index (Phi) is 8.22. The number of methoxy groups -OCH3 is 3. The second-order valence-corrected chi connectivity index (χ2v) is 6.59. The molecule has 2 rings (SSSR count). The molecule has 1 N–H and O–H groups in total. The van der Waals surface area contributed by atoms with Gasteiger partial charge in [-0.1, -0.05) is 23.2 Å². The van der Waals surface area contributed by atoms with Crippen LogP contribution in [-0.4, -0.2) is 33.8 Å². The van der Waals surface area contributed by atoms with Crippen molar-refractivity contribution in [1.82, 2.24) is 0 Å². The number of amides is 1. The van der Waals surface area contributed by atoms with Gasteiger partial charge >= 0.3 is 0 Å². The maximum Gasteiger partial charge on any atom is 0.266 e. The summed E-state index contributed by atoms with van der Waals surface area (Å²) in [6.07, 6.45) is 1.39. The number of nitrogens with one attached hydrogen (secondary N) is 1. The van der Waals surface area contributed by atoms with Crippen LogP contribution >= 0.6 is 23.2 Å². The number of nitrogens with zero attached hydrogens (tertiary/aromatic N) is 1. The maximum atomic E-state index is 12.7. The molecule has 0 atom stereocenters. The molecule has 0 aliphatic rings. The van der Waals surface area contributed by atoms with Crippen molar-refractivity contribution in [3.8, 4) is 29.1 Å². The van der Waals surface area contributed by atoms with Crippen LogP contribution in [-0.2, 0) is 4.79 Å². The largest absolute Gasteiger partial charge is 0.495 e. The van der Waals surface area contributed by atoms with E-state index in [2.05, 4.69) is 5.32 Å². The normalized spacial score (nSPS) is 10.8. The first-order valence-corrected chi connectivity index (χ1v) is 9.49. The van der Waals surface area contributed by atoms with E-state index in [-0.39, 0.29) is 5.57 Å². The molecule has 9 heteroatoms. The van der Waals surface area contributed by atoms with E-state index in [1.54, 1.807) is 12.1 Å². The third-order valence-corrected chi connectivity index (χ3v) is 4.51. The minimum atomic E-state index is -0.649. The van der Waals surface area contributed by atoms with Crippen LogP contribution in [0.3, 0.4) is 0 Å². The monoisotopic (exact) mass is 450 g/mol. The van der Waals surface area contributed by atoms with Gasteiger partial charge in [0.05, 0.1) is 43.7 Å². The second kappa shape index (κ2) is 10.6. The fourth-order valence-electron chi connectivity index (χ4n) is 2.57. The van der Waals surface area contributed by atoms with E-state index >= 15 is 0 Å². The molecule has 0 spiro atoms. The maximum absolute atomic E-state index is 12.7. The quantitative estimate of drug-likeness (QED) is 0.451. The predicted molar refractivity (Wildman–Crippen MR) is 116 cm³/mol. The molecule has 0 aliphatic heterocycles. The molecular formula is C21H20Cl2N2O5. The lowest BCUT2D eigenvalue weighted by molar-refractivity contribution is -0.112. The zero-order valence-corrected chi connectivity index (χ0v) is 18.4. The van der Waals surface area contributed by atoms with Crippen molar-refractivity contribution in [1.29, 1.82) is 5.26 Å². The minimum Gasteiger partial charge on any atom is -0.495 e. The fourth-order valence-corrected chi connectivity index (χ4v) is 3.08. The van der Waals surface area contributed by atoms with Crippen LogP contribution in [0, 0.1) is 11.3 Å². The SMILES string of the molecule is CCOc1c(Cl)cc(/C=C(\C#N)C(=O)Nc2cc(OC)c(Cl)cc2OC)cc1OC. The van der Waals surface area contributed by atoms with Crippen molar-refractivity contribution >= 4 is 40.9 Å². The van der Waals surface area contributed by atoms with E-state index in [1.807, 2.05) is 13.0 Å². The van der Waals surface area contributed by atoms with Crippen molar-refractivity contribution in [2.75, 3.05) is 33.3 Å². The molecule has 1 amide bonds. The number of hydrogen-bond donors (Lipinski definition) is 1. The lowest BCUT2D eigenvalue weighted by atomic mass is 10.1. The molecule has 30 heavy (non-hydrogen) atoms. The van der Waals surface area contributed by atoms with Gasteiger partial charge in [0.1, 0.15) is 23.1 Å². The lowest BCUT2D eigenvalue weighted by Crippen LogP contribution is -2.14. The minimum absolute atomic E-state index is 0.159. The van der Waals surface area contributed by atoms with Crippen molar-refractivity contribution in [2.45, 2.75) is 6.92 Å². The van der Waals surface area contributed by atoms with Gasteiger partial charge in [0.2, 0.25) is 0 Å². The first-order valence-electron chi connectivity index (χ1n) is 8.73. The standard InChI is InChI=1S/C21H20Cl2N2O5/c1-5-30-20-15(23)7-12(8-19(20)29-4)6-13(11-24)21(26)25-16-10-17(27-2)14(22)9-18(16)28-3/h6-10H,5H2,1-4H3,(H,25,26)/b13-6+. The van der Waals surface area contributed by atoms with Crippen LogP contribution in [0.1, 0.15) is 12.5 Å². The summed E-state index contributed by atoms with van der Waals surface area (Å²) >= 11 is 12.3. The van der Waals surface area contributed by atoms with E-state index < -0.39 is 5.91 Å². The summed E-state index contributed by atoms with van der Waals surface area (Å²) in [5.41, 5.74) is 0.633. The first-order chi connectivity index (χ1) is 14.4. The summed E-state index contributed by atoms with van der Waals surface area (Å²) in [5.74, 6) is 0.789. The van der Waals surface area contributed by atoms with Crippen molar-refractivity contribution in [3.05, 3.63) is 45.4 Å². The van der Waals surface area contributed by atoms with Gasteiger partial charge in [-0.05, 0) is 30.7 Å². The number of benzene rings is 2. The number of rotatable bonds is 8. The molecule has 0 saturated heterocycles. The summed E-state index contributed by atoms with van der Waals surface area (Å²) in [6.45, 7) is 2.23. The molecule has 0 unspecified atom stereocenters. The number of carbonyl (C=O) groups excluding carboxylic acids is 1. The highest BCUT2D eigenvalue weighted by Gasteiger charge is 2.17. The Morgan fingerprint density at radius 1 is 1.03 bits per heavy atom. The molecule has 7 nitrogen and oxygen atoms in total. The summed E-state index contributed by atoms with van der Waals surface area (Å²) in [6, 6.07) is 8.08. The molecule has 0 aliphatic carbocycles. The van der Waals surface area contributed by atoms with Crippen LogP contribution in [0.2, 0.25) is 10.0 Å². The molecule has 2 aromatic carbocycles. The third-order valence-electron chi connectivity index (χ3n) is 3.94. The molecule has 0 heterocycles. The molecule has 0 aromatic heterocycles. The number of carbonyl (C=O) groups is 1. The number of halogens is 2. The Morgan fingerprint density at radius 3 is 2.27 bits per heavy atom. The topological polar surface area (TPSA) is 89.8 Å². The van der Waals surface area contributed by atoms with Crippen molar-refractivity contribution in [2.24, 2.45) is 0 Å². The summed E-state index contributed by atoms with van der Waals surface area (Å²) in [7, 11) is 4.35. The Bertz CT molecular complexity index is 1020. The van der Waals surface area contributed by atoms with Gasteiger partial charge in [-0.15, -0.1) is 0 Å². The summed E-state index contributed by atoms with van der Waals surface area (Å²) < 4.78 is 21.2. The number of nitriles is 1. The van der Waals surface area contributed by atoms with Gasteiger partial charge in [0.15, 0.2) is 11.5 Å². The van der Waals surface area contributed by atoms with Crippen LogP contribution < -0.4 is 24.3 Å². The number of ether oxygens (including phenoxy) is 4. The second-order valence-electron chi connectivity index (χ2n) is 5.78. The highest BCUT2D eigenvalue weighted by atomic mass is 35.5. The highest BCUT2D eigenvalue weighted by Crippen LogP contribution is 2.38. The number of hydrogen-bond acceptors (Lipinski definition) is 6. The van der Waals surface area contributed by atoms with Crippen molar-refractivity contribution in [3.63, 3.8) is 0 Å². The van der Waals surface area contributed by atoms with Gasteiger partial charge in [-0.25, -0.2) is 0 Å². The predicted octanol–water partition coefficient (Wildman–Crippen LogP) is 4.96. The van der Waals surface area contributed by atoms with Gasteiger partial charge in [-0.3, -0.25) is 4.79 Å². The summed E-state index contributed by atoms with van der Waals surface area (Å²) in [5, 5.41) is 12.7. The van der Waals surface area contributed by atoms with Crippen LogP contribution in [0.5, 0.6) is 23.0 Å².